The van der Waals surface area contributed by atoms with Gasteiger partial charge >= 0.3 is 0 Å². The molecule has 2 aliphatic heterocycles. The van der Waals surface area contributed by atoms with E-state index in [-0.39, 0.29) is 0 Å². The predicted molar refractivity (Wildman–Crippen MR) is 82.3 cm³/mol. The van der Waals surface area contributed by atoms with Crippen LogP contribution in [0.15, 0.2) is 0 Å². The van der Waals surface area contributed by atoms with Crippen molar-refractivity contribution in [3.63, 3.8) is 0 Å². The van der Waals surface area contributed by atoms with Crippen molar-refractivity contribution in [3.05, 3.63) is 0 Å². The summed E-state index contributed by atoms with van der Waals surface area (Å²) in [6.45, 7) is 7.88. The van der Waals surface area contributed by atoms with Gasteiger partial charge in [-0.1, -0.05) is 6.92 Å². The third kappa shape index (κ3) is 4.41. The Morgan fingerprint density at radius 1 is 1.20 bits per heavy atom. The first-order valence-electron chi connectivity index (χ1n) is 7.90. The summed E-state index contributed by atoms with van der Waals surface area (Å²) in [6, 6.07) is 0.642. The predicted octanol–water partition coefficient (Wildman–Crippen LogP) is 0.732. The van der Waals surface area contributed by atoms with E-state index in [0.717, 1.165) is 32.5 Å². The summed E-state index contributed by atoms with van der Waals surface area (Å²) < 4.78 is 25.0. The van der Waals surface area contributed by atoms with Gasteiger partial charge in [0.1, 0.15) is 0 Å². The normalized spacial score (nSPS) is 29.9. The van der Waals surface area contributed by atoms with Crippen LogP contribution in [0.5, 0.6) is 0 Å². The van der Waals surface area contributed by atoms with Crippen molar-refractivity contribution >= 4 is 10.0 Å². The number of piperidine rings is 1. The second kappa shape index (κ2) is 7.20. The molecule has 2 unspecified atom stereocenters. The van der Waals surface area contributed by atoms with Gasteiger partial charge in [-0.05, 0) is 44.7 Å². The topological polar surface area (TPSA) is 52.6 Å². The highest BCUT2D eigenvalue weighted by Crippen LogP contribution is 2.24. The largest absolute Gasteiger partial charge is 0.315 e. The number of likely N-dealkylation sites (tertiary alicyclic amines) is 1. The maximum Gasteiger partial charge on any atom is 0.211 e. The van der Waals surface area contributed by atoms with Gasteiger partial charge in [0.15, 0.2) is 0 Å². The molecule has 0 radical (unpaired) electrons. The minimum Gasteiger partial charge on any atom is -0.315 e. The summed E-state index contributed by atoms with van der Waals surface area (Å²) >= 11 is 0. The lowest BCUT2D eigenvalue weighted by Gasteiger charge is -2.35. The van der Waals surface area contributed by atoms with Crippen LogP contribution in [-0.4, -0.2) is 69.2 Å². The van der Waals surface area contributed by atoms with Crippen LogP contribution in [0.1, 0.15) is 32.6 Å². The molecule has 6 heteroatoms. The summed E-state index contributed by atoms with van der Waals surface area (Å²) in [4.78, 5) is 2.57. The fourth-order valence-corrected chi connectivity index (χ4v) is 4.43. The van der Waals surface area contributed by atoms with Gasteiger partial charge in [0, 0.05) is 32.2 Å². The van der Waals surface area contributed by atoms with E-state index in [9.17, 15) is 8.42 Å². The van der Waals surface area contributed by atoms with Crippen LogP contribution in [0.25, 0.3) is 0 Å². The van der Waals surface area contributed by atoms with Crippen molar-refractivity contribution in [2.75, 3.05) is 45.5 Å². The molecule has 0 aromatic rings. The van der Waals surface area contributed by atoms with Gasteiger partial charge < -0.3 is 5.32 Å². The van der Waals surface area contributed by atoms with Crippen LogP contribution < -0.4 is 5.32 Å². The smallest absolute Gasteiger partial charge is 0.211 e. The Kier molecular flexibility index (Phi) is 5.84. The number of sulfonamides is 1. The quantitative estimate of drug-likeness (QED) is 0.786. The lowest BCUT2D eigenvalue weighted by molar-refractivity contribution is 0.166. The standard InChI is InChI=1S/C14H29N3O2S/c1-3-15-10-14-7-5-8-16(14)11-13-6-4-9-17(12-13)20(2,18)19/h13-15H,3-12H2,1-2H3. The molecule has 20 heavy (non-hydrogen) atoms. The first-order chi connectivity index (χ1) is 9.50. The molecule has 0 amide bonds. The number of hydrogen-bond donors (Lipinski definition) is 1. The fraction of sp³-hybridized carbons (Fsp3) is 1.00. The maximum atomic E-state index is 11.7. The highest BCUT2D eigenvalue weighted by atomic mass is 32.2. The molecule has 1 N–H and O–H groups in total. The molecule has 0 spiro atoms. The molecule has 2 heterocycles. The van der Waals surface area contributed by atoms with E-state index in [1.165, 1.54) is 25.6 Å². The summed E-state index contributed by atoms with van der Waals surface area (Å²) in [7, 11) is -3.02. The van der Waals surface area contributed by atoms with Crippen molar-refractivity contribution < 1.29 is 8.42 Å². The van der Waals surface area contributed by atoms with E-state index in [2.05, 4.69) is 17.1 Å². The zero-order chi connectivity index (χ0) is 14.6. The van der Waals surface area contributed by atoms with Crippen molar-refractivity contribution in [1.82, 2.24) is 14.5 Å². The van der Waals surface area contributed by atoms with E-state index in [4.69, 9.17) is 0 Å². The van der Waals surface area contributed by atoms with Gasteiger partial charge in [-0.25, -0.2) is 12.7 Å². The first-order valence-corrected chi connectivity index (χ1v) is 9.75. The first kappa shape index (κ1) is 16.2. The van der Waals surface area contributed by atoms with E-state index >= 15 is 0 Å². The van der Waals surface area contributed by atoms with Crippen LogP contribution >= 0.6 is 0 Å². The average Bonchev–Trinajstić information content (AvgIpc) is 2.83. The van der Waals surface area contributed by atoms with Crippen LogP contribution in [0, 0.1) is 5.92 Å². The number of nitrogens with one attached hydrogen (secondary N) is 1. The van der Waals surface area contributed by atoms with Gasteiger partial charge in [-0.2, -0.15) is 0 Å². The Morgan fingerprint density at radius 3 is 2.65 bits per heavy atom. The van der Waals surface area contributed by atoms with Crippen molar-refractivity contribution in [3.8, 4) is 0 Å². The molecule has 2 rings (SSSR count). The van der Waals surface area contributed by atoms with Gasteiger partial charge in [0.05, 0.1) is 6.26 Å². The highest BCUT2D eigenvalue weighted by Gasteiger charge is 2.30. The number of nitrogens with zero attached hydrogens (tertiary/aromatic N) is 2. The number of hydrogen-bond acceptors (Lipinski definition) is 4. The van der Waals surface area contributed by atoms with Gasteiger partial charge in [0.2, 0.25) is 10.0 Å². The van der Waals surface area contributed by atoms with Crippen LogP contribution in [0.4, 0.5) is 0 Å². The molecule has 0 aromatic carbocycles. The summed E-state index contributed by atoms with van der Waals surface area (Å²) in [5.41, 5.74) is 0. The molecule has 2 fully saturated rings. The minimum atomic E-state index is -3.02. The van der Waals surface area contributed by atoms with Crippen LogP contribution in [0.3, 0.4) is 0 Å². The molecular weight excluding hydrogens is 274 g/mol. The van der Waals surface area contributed by atoms with Crippen molar-refractivity contribution in [1.29, 1.82) is 0 Å². The van der Waals surface area contributed by atoms with E-state index < -0.39 is 10.0 Å². The summed E-state index contributed by atoms with van der Waals surface area (Å²) in [6.07, 6.45) is 6.05. The van der Waals surface area contributed by atoms with Gasteiger partial charge in [-0.15, -0.1) is 0 Å². The second-order valence-corrected chi connectivity index (χ2v) is 8.21. The average molecular weight is 303 g/mol. The molecule has 0 aliphatic carbocycles. The lowest BCUT2D eigenvalue weighted by Crippen LogP contribution is -2.46. The van der Waals surface area contributed by atoms with Crippen molar-refractivity contribution in [2.24, 2.45) is 5.92 Å². The van der Waals surface area contributed by atoms with E-state index in [0.29, 0.717) is 25.0 Å². The maximum absolute atomic E-state index is 11.7. The minimum absolute atomic E-state index is 0.501. The Balaban J connectivity index is 1.86. The molecule has 118 valence electrons. The molecule has 2 aliphatic rings. The summed E-state index contributed by atoms with van der Waals surface area (Å²) in [5.74, 6) is 0.501. The Labute approximate surface area is 123 Å². The van der Waals surface area contributed by atoms with E-state index in [1.807, 2.05) is 0 Å². The molecule has 0 saturated carbocycles. The second-order valence-electron chi connectivity index (χ2n) is 6.23. The zero-order valence-corrected chi connectivity index (χ0v) is 13.7. The molecular formula is C14H29N3O2S. The SMILES string of the molecule is CCNCC1CCCN1CC1CCCN(S(C)(=O)=O)C1. The molecule has 0 aromatic heterocycles. The van der Waals surface area contributed by atoms with Crippen molar-refractivity contribution in [2.45, 2.75) is 38.6 Å². The Morgan fingerprint density at radius 2 is 1.95 bits per heavy atom. The molecule has 2 atom stereocenters. The Hall–Kier alpha value is -0.170. The van der Waals surface area contributed by atoms with Crippen LogP contribution in [-0.2, 0) is 10.0 Å². The molecule has 0 bridgehead atoms. The third-order valence-corrected chi connectivity index (χ3v) is 5.84. The molecule has 2 saturated heterocycles. The third-order valence-electron chi connectivity index (χ3n) is 4.57. The number of rotatable bonds is 6. The van der Waals surface area contributed by atoms with Gasteiger partial charge in [-0.3, -0.25) is 4.90 Å². The number of likely N-dealkylation sites (N-methyl/N-ethyl adjacent to an activating group) is 1. The van der Waals surface area contributed by atoms with Gasteiger partial charge in [0.25, 0.3) is 0 Å². The van der Waals surface area contributed by atoms with E-state index in [1.54, 1.807) is 4.31 Å². The highest BCUT2D eigenvalue weighted by molar-refractivity contribution is 7.88. The molecule has 5 nitrogen and oxygen atoms in total. The monoisotopic (exact) mass is 303 g/mol. The zero-order valence-electron chi connectivity index (χ0n) is 12.8. The lowest BCUT2D eigenvalue weighted by atomic mass is 9.98. The Bertz CT molecular complexity index is 399. The fourth-order valence-electron chi connectivity index (χ4n) is 3.49. The summed E-state index contributed by atoms with van der Waals surface area (Å²) in [5, 5.41) is 3.44. The van der Waals surface area contributed by atoms with Crippen LogP contribution in [0.2, 0.25) is 0 Å².